The predicted molar refractivity (Wildman–Crippen MR) is 102 cm³/mol. The third kappa shape index (κ3) is 5.58. The Morgan fingerprint density at radius 3 is 2.44 bits per heavy atom. The minimum atomic E-state index is -4.99. The number of likely N-dealkylation sites (tertiary alicyclic amines) is 1. The monoisotopic (exact) mass is 495 g/mol. The lowest BCUT2D eigenvalue weighted by atomic mass is 9.84. The van der Waals surface area contributed by atoms with E-state index in [0.29, 0.717) is 17.0 Å². The van der Waals surface area contributed by atoms with Crippen LogP contribution in [0.1, 0.15) is 43.5 Å². The number of aromatic nitrogens is 4. The van der Waals surface area contributed by atoms with Gasteiger partial charge < -0.3 is 9.64 Å². The maximum absolute atomic E-state index is 13.5. The number of hydrogen-bond donors (Lipinski definition) is 0. The molecule has 3 heterocycles. The maximum Gasteiger partial charge on any atom is 0.471 e. The molecule has 0 atom stereocenters. The largest absolute Gasteiger partial charge is 0.471 e. The Morgan fingerprint density at radius 2 is 1.85 bits per heavy atom. The van der Waals surface area contributed by atoms with Gasteiger partial charge in [-0.3, -0.25) is 4.79 Å². The topological polar surface area (TPSA) is 73.1 Å². The van der Waals surface area contributed by atoms with Crippen LogP contribution in [0.15, 0.2) is 18.3 Å². The summed E-state index contributed by atoms with van der Waals surface area (Å²) in [4.78, 5) is 20.2. The second-order valence-corrected chi connectivity index (χ2v) is 8.43. The van der Waals surface area contributed by atoms with Gasteiger partial charge in [-0.15, -0.1) is 0 Å². The molecule has 1 aliphatic carbocycles. The molecule has 1 amide bonds. The van der Waals surface area contributed by atoms with Crippen LogP contribution in [0, 0.1) is 5.92 Å². The van der Waals surface area contributed by atoms with Crippen LogP contribution in [0.2, 0.25) is 0 Å². The van der Waals surface area contributed by atoms with Crippen LogP contribution < -0.4 is 4.74 Å². The molecule has 2 aromatic heterocycles. The third-order valence-electron chi connectivity index (χ3n) is 5.78. The summed E-state index contributed by atoms with van der Waals surface area (Å²) in [6.45, 7) is -0.607. The lowest BCUT2D eigenvalue weighted by Crippen LogP contribution is -2.59. The van der Waals surface area contributed by atoms with E-state index in [1.54, 1.807) is 0 Å². The van der Waals surface area contributed by atoms with Gasteiger partial charge in [0, 0.05) is 25.1 Å². The highest BCUT2D eigenvalue weighted by atomic mass is 19.4. The Kier molecular flexibility index (Phi) is 6.42. The molecule has 1 saturated heterocycles. The Hall–Kier alpha value is -2.93. The predicted octanol–water partition coefficient (Wildman–Crippen LogP) is 4.12. The molecule has 0 spiro atoms. The summed E-state index contributed by atoms with van der Waals surface area (Å²) in [5.74, 6) is -4.91. The van der Waals surface area contributed by atoms with Crippen LogP contribution in [0.5, 0.6) is 5.88 Å². The molecule has 1 saturated carbocycles. The SMILES string of the molecule is O=C(N1CC(Oc2cc(CC3CCC(F)(F)CC3)nc(-n3ccc(C(F)F)n3)n2)C1)C(F)(F)F. The summed E-state index contributed by atoms with van der Waals surface area (Å²) in [6, 6.07) is 2.51. The number of alkyl halides is 7. The molecule has 0 radical (unpaired) electrons. The van der Waals surface area contributed by atoms with Gasteiger partial charge >= 0.3 is 12.1 Å². The summed E-state index contributed by atoms with van der Waals surface area (Å²) in [5.41, 5.74) is -0.113. The normalized spacial score (nSPS) is 19.4. The van der Waals surface area contributed by atoms with Gasteiger partial charge in [-0.2, -0.15) is 23.3 Å². The van der Waals surface area contributed by atoms with E-state index in [4.69, 9.17) is 4.74 Å². The number of nitrogens with zero attached hydrogens (tertiary/aromatic N) is 5. The van der Waals surface area contributed by atoms with Crippen molar-refractivity contribution in [1.82, 2.24) is 24.6 Å². The first-order valence-electron chi connectivity index (χ1n) is 10.5. The molecule has 4 rings (SSSR count). The van der Waals surface area contributed by atoms with E-state index < -0.39 is 36.2 Å². The maximum atomic E-state index is 13.5. The van der Waals surface area contributed by atoms with E-state index in [-0.39, 0.29) is 56.5 Å². The molecule has 0 bridgehead atoms. The molecule has 0 unspecified atom stereocenters. The summed E-state index contributed by atoms with van der Waals surface area (Å²) >= 11 is 0. The number of ether oxygens (including phenoxy) is 1. The Bertz CT molecular complexity index is 1030. The van der Waals surface area contributed by atoms with Crippen molar-refractivity contribution in [3.8, 4) is 11.8 Å². The fourth-order valence-corrected chi connectivity index (χ4v) is 3.92. The van der Waals surface area contributed by atoms with Gasteiger partial charge in [0.1, 0.15) is 11.8 Å². The van der Waals surface area contributed by atoms with Crippen LogP contribution in [0.3, 0.4) is 0 Å². The molecule has 7 nitrogen and oxygen atoms in total. The molecule has 1 aliphatic heterocycles. The van der Waals surface area contributed by atoms with Crippen molar-refractivity contribution in [3.63, 3.8) is 0 Å². The highest BCUT2D eigenvalue weighted by molar-refractivity contribution is 5.82. The number of halogens is 7. The number of hydrogen-bond acceptors (Lipinski definition) is 5. The van der Waals surface area contributed by atoms with Gasteiger partial charge in [0.2, 0.25) is 11.8 Å². The van der Waals surface area contributed by atoms with Crippen LogP contribution >= 0.6 is 0 Å². The third-order valence-corrected chi connectivity index (χ3v) is 5.78. The molecule has 2 aliphatic rings. The van der Waals surface area contributed by atoms with Crippen molar-refractivity contribution >= 4 is 5.91 Å². The van der Waals surface area contributed by atoms with Crippen LogP contribution in [-0.4, -0.2) is 61.8 Å². The first-order valence-corrected chi connectivity index (χ1v) is 10.5. The van der Waals surface area contributed by atoms with E-state index in [1.165, 1.54) is 12.3 Å². The van der Waals surface area contributed by atoms with Crippen LogP contribution in [0.25, 0.3) is 5.95 Å². The molecular formula is C20H20F7N5O2. The zero-order valence-corrected chi connectivity index (χ0v) is 17.6. The van der Waals surface area contributed by atoms with E-state index >= 15 is 0 Å². The Balaban J connectivity index is 1.51. The number of rotatable bonds is 6. The molecule has 2 aromatic rings. The zero-order chi connectivity index (χ0) is 24.7. The molecule has 34 heavy (non-hydrogen) atoms. The lowest BCUT2D eigenvalue weighted by Gasteiger charge is -2.38. The fraction of sp³-hybridized carbons (Fsp3) is 0.600. The Morgan fingerprint density at radius 1 is 1.18 bits per heavy atom. The minimum Gasteiger partial charge on any atom is -0.470 e. The standard InChI is InChI=1S/C20H20F7N5O2/c21-16(22)14-3-6-32(30-14)18-28-12(7-11-1-4-19(23,24)5-2-11)8-15(29-18)34-13-9-31(10-13)17(33)20(25,26)27/h3,6,8,11,13,16H,1-2,4-5,7,9-10H2. The van der Waals surface area contributed by atoms with Gasteiger partial charge in [0.15, 0.2) is 0 Å². The summed E-state index contributed by atoms with van der Waals surface area (Å²) < 4.78 is 97.0. The molecule has 186 valence electrons. The summed E-state index contributed by atoms with van der Waals surface area (Å²) in [6.07, 6.45) is -7.00. The molecular weight excluding hydrogens is 475 g/mol. The van der Waals surface area contributed by atoms with E-state index in [2.05, 4.69) is 15.1 Å². The van der Waals surface area contributed by atoms with Crippen molar-refractivity contribution in [2.75, 3.05) is 13.1 Å². The van der Waals surface area contributed by atoms with Crippen molar-refractivity contribution in [3.05, 3.63) is 29.7 Å². The molecule has 0 aromatic carbocycles. The van der Waals surface area contributed by atoms with Crippen molar-refractivity contribution < 1.29 is 40.3 Å². The van der Waals surface area contributed by atoms with E-state index in [0.717, 1.165) is 10.7 Å². The fourth-order valence-electron chi connectivity index (χ4n) is 3.92. The average molecular weight is 495 g/mol. The molecule has 2 fully saturated rings. The average Bonchev–Trinajstić information content (AvgIpc) is 3.21. The second-order valence-electron chi connectivity index (χ2n) is 8.43. The minimum absolute atomic E-state index is 0.0423. The van der Waals surface area contributed by atoms with Crippen molar-refractivity contribution in [2.45, 2.75) is 56.7 Å². The highest BCUT2D eigenvalue weighted by Gasteiger charge is 2.47. The first kappa shape index (κ1) is 24.2. The summed E-state index contributed by atoms with van der Waals surface area (Å²) in [5, 5.41) is 3.71. The molecule has 14 heteroatoms. The van der Waals surface area contributed by atoms with Gasteiger partial charge in [-0.05, 0) is 31.2 Å². The van der Waals surface area contributed by atoms with Crippen molar-refractivity contribution in [2.24, 2.45) is 5.92 Å². The van der Waals surface area contributed by atoms with Gasteiger partial charge in [-0.1, -0.05) is 0 Å². The second kappa shape index (κ2) is 9.02. The summed E-state index contributed by atoms with van der Waals surface area (Å²) in [7, 11) is 0. The van der Waals surface area contributed by atoms with E-state index in [9.17, 15) is 35.5 Å². The molecule has 0 N–H and O–H groups in total. The quantitative estimate of drug-likeness (QED) is 0.564. The highest BCUT2D eigenvalue weighted by Crippen LogP contribution is 2.37. The number of carbonyl (C=O) groups excluding carboxylic acids is 1. The number of amides is 1. The van der Waals surface area contributed by atoms with Crippen LogP contribution in [-0.2, 0) is 11.2 Å². The zero-order valence-electron chi connectivity index (χ0n) is 17.6. The van der Waals surface area contributed by atoms with Crippen molar-refractivity contribution in [1.29, 1.82) is 0 Å². The van der Waals surface area contributed by atoms with Gasteiger partial charge in [0.25, 0.3) is 12.4 Å². The van der Waals surface area contributed by atoms with Gasteiger partial charge in [0.05, 0.1) is 18.8 Å². The Labute approximate surface area is 188 Å². The first-order chi connectivity index (χ1) is 15.9. The van der Waals surface area contributed by atoms with Crippen LogP contribution in [0.4, 0.5) is 30.7 Å². The van der Waals surface area contributed by atoms with E-state index in [1.807, 2.05) is 0 Å². The lowest BCUT2D eigenvalue weighted by molar-refractivity contribution is -0.193. The smallest absolute Gasteiger partial charge is 0.470 e. The van der Waals surface area contributed by atoms with Gasteiger partial charge in [-0.25, -0.2) is 27.2 Å². The number of carbonyl (C=O) groups is 1.